The van der Waals surface area contributed by atoms with Crippen LogP contribution in [0.5, 0.6) is 5.75 Å². The van der Waals surface area contributed by atoms with Crippen molar-refractivity contribution in [2.75, 3.05) is 46.8 Å². The van der Waals surface area contributed by atoms with Crippen molar-refractivity contribution in [3.8, 4) is 5.75 Å². The second-order valence-corrected chi connectivity index (χ2v) is 11.9. The van der Waals surface area contributed by atoms with Gasteiger partial charge in [0.05, 0.1) is 43.5 Å². The van der Waals surface area contributed by atoms with Crippen molar-refractivity contribution in [2.45, 2.75) is 26.1 Å². The van der Waals surface area contributed by atoms with E-state index >= 15 is 0 Å². The van der Waals surface area contributed by atoms with E-state index in [0.717, 1.165) is 5.56 Å². The summed E-state index contributed by atoms with van der Waals surface area (Å²) in [4.78, 5) is 0. The van der Waals surface area contributed by atoms with E-state index in [9.17, 15) is 14.2 Å². The number of rotatable bonds is 12. The molecule has 34 heavy (non-hydrogen) atoms. The molecule has 0 spiro atoms. The fourth-order valence-electron chi connectivity index (χ4n) is 3.79. The first-order valence-corrected chi connectivity index (χ1v) is 14.3. The van der Waals surface area contributed by atoms with Crippen LogP contribution in [-0.2, 0) is 48.9 Å². The molecular weight excluding hydrogens is 482 g/mol. The van der Waals surface area contributed by atoms with Crippen LogP contribution in [-0.4, -0.2) is 51.9 Å². The number of hydrogen-bond donors (Lipinski definition) is 1. The number of aromatic hydroxyl groups is 1. The zero-order chi connectivity index (χ0) is 24.8. The highest BCUT2D eigenvalue weighted by Gasteiger charge is 2.44. The summed E-state index contributed by atoms with van der Waals surface area (Å²) in [6.45, 7) is 4.49. The monoisotopic (exact) mass is 514 g/mol. The predicted octanol–water partition coefficient (Wildman–Crippen LogP) is 4.56. The lowest BCUT2D eigenvalue weighted by atomic mass is 9.95. The van der Waals surface area contributed by atoms with Gasteiger partial charge in [0, 0.05) is 19.8 Å². The highest BCUT2D eigenvalue weighted by atomic mass is 31.2. The van der Waals surface area contributed by atoms with E-state index < -0.39 is 21.0 Å². The van der Waals surface area contributed by atoms with E-state index in [1.54, 1.807) is 19.9 Å². The van der Waals surface area contributed by atoms with Gasteiger partial charge in [-0.25, -0.2) is 0 Å². The molecule has 0 unspecified atom stereocenters. The van der Waals surface area contributed by atoms with E-state index in [0.29, 0.717) is 36.1 Å². The number of phenols is 1. The second kappa shape index (κ2) is 11.5. The van der Waals surface area contributed by atoms with E-state index in [4.69, 9.17) is 27.6 Å². The molecule has 1 heterocycles. The molecule has 2 aromatic carbocycles. The molecule has 3 rings (SSSR count). The normalized spacial score (nSPS) is 16.1. The van der Waals surface area contributed by atoms with Gasteiger partial charge in [0.15, 0.2) is 0 Å². The Morgan fingerprint density at radius 1 is 0.941 bits per heavy atom. The minimum atomic E-state index is -3.59. The van der Waals surface area contributed by atoms with Crippen molar-refractivity contribution >= 4 is 20.5 Å². The number of benzene rings is 2. The number of aryl methyl sites for hydroxylation is 1. The van der Waals surface area contributed by atoms with Crippen LogP contribution in [0.2, 0.25) is 0 Å². The molecule has 1 aliphatic rings. The summed E-state index contributed by atoms with van der Waals surface area (Å²) in [5.74, 6) is -1.47. The van der Waals surface area contributed by atoms with Gasteiger partial charge in [-0.3, -0.25) is 9.13 Å². The Morgan fingerprint density at radius 3 is 2.06 bits per heavy atom. The van der Waals surface area contributed by atoms with Crippen LogP contribution in [0, 0.1) is 0 Å². The van der Waals surface area contributed by atoms with Crippen molar-refractivity contribution in [3.63, 3.8) is 0 Å². The minimum Gasteiger partial charge on any atom is -0.507 e. The van der Waals surface area contributed by atoms with E-state index in [2.05, 4.69) is 0 Å². The summed E-state index contributed by atoms with van der Waals surface area (Å²) in [6, 6.07) is 11.9. The molecule has 11 heteroatoms. The van der Waals surface area contributed by atoms with Crippen LogP contribution in [0.3, 0.4) is 0 Å². The highest BCUT2D eigenvalue weighted by molar-refractivity contribution is 7.62. The highest BCUT2D eigenvalue weighted by Crippen LogP contribution is 2.50. The molecule has 188 valence electrons. The molecule has 2 aromatic rings. The second-order valence-electron chi connectivity index (χ2n) is 7.49. The standard InChI is InChI=1S/C23H32O9P2/c1-5-31-34(26,32-6-2)20-11-12-22(24)21(17-20)23(29-14-15-30-23)19-9-7-18(8-10-19)13-16-33(25,27-3)28-4/h7-12,17,24H,5-6,13-16H2,1-4H3. The average molecular weight is 514 g/mol. The maximum Gasteiger partial charge on any atom is 0.361 e. The van der Waals surface area contributed by atoms with Crippen LogP contribution in [0.1, 0.15) is 30.5 Å². The van der Waals surface area contributed by atoms with Crippen molar-refractivity contribution < 1.29 is 41.8 Å². The fraction of sp³-hybridized carbons (Fsp3) is 0.478. The zero-order valence-electron chi connectivity index (χ0n) is 19.9. The summed E-state index contributed by atoms with van der Waals surface area (Å²) in [5.41, 5.74) is 1.87. The Hall–Kier alpha value is -1.54. The summed E-state index contributed by atoms with van der Waals surface area (Å²) >= 11 is 0. The average Bonchev–Trinajstić information content (AvgIpc) is 3.34. The number of hydrogen-bond acceptors (Lipinski definition) is 9. The van der Waals surface area contributed by atoms with Crippen LogP contribution in [0.4, 0.5) is 0 Å². The van der Waals surface area contributed by atoms with Gasteiger partial charge >= 0.3 is 15.2 Å². The Balaban J connectivity index is 1.97. The van der Waals surface area contributed by atoms with Crippen molar-refractivity contribution in [1.82, 2.24) is 0 Å². The third-order valence-electron chi connectivity index (χ3n) is 5.51. The van der Waals surface area contributed by atoms with Crippen molar-refractivity contribution in [3.05, 3.63) is 59.2 Å². The van der Waals surface area contributed by atoms with Gasteiger partial charge in [0.25, 0.3) is 0 Å². The first-order valence-electron chi connectivity index (χ1n) is 11.1. The van der Waals surface area contributed by atoms with Gasteiger partial charge in [0.1, 0.15) is 5.75 Å². The Morgan fingerprint density at radius 2 is 1.53 bits per heavy atom. The molecule has 1 aliphatic heterocycles. The lowest BCUT2D eigenvalue weighted by Crippen LogP contribution is -2.30. The molecule has 0 atom stereocenters. The molecular formula is C23H32O9P2. The molecule has 1 fully saturated rings. The molecule has 0 saturated carbocycles. The summed E-state index contributed by atoms with van der Waals surface area (Å²) in [6.07, 6.45) is 0.727. The van der Waals surface area contributed by atoms with Crippen LogP contribution >= 0.6 is 15.2 Å². The van der Waals surface area contributed by atoms with Crippen LogP contribution in [0.15, 0.2) is 42.5 Å². The van der Waals surface area contributed by atoms with Gasteiger partial charge in [0.2, 0.25) is 5.79 Å². The quantitative estimate of drug-likeness (QED) is 0.408. The summed E-state index contributed by atoms with van der Waals surface area (Å²) in [5, 5.41) is 11.0. The first-order chi connectivity index (χ1) is 16.3. The molecule has 0 aromatic heterocycles. The lowest BCUT2D eigenvalue weighted by molar-refractivity contribution is -0.130. The van der Waals surface area contributed by atoms with Gasteiger partial charge in [-0.05, 0) is 44.0 Å². The Kier molecular flexibility index (Phi) is 9.12. The molecule has 0 bridgehead atoms. The first kappa shape index (κ1) is 27.1. The smallest absolute Gasteiger partial charge is 0.361 e. The van der Waals surface area contributed by atoms with Crippen molar-refractivity contribution in [1.29, 1.82) is 0 Å². The SMILES string of the molecule is CCOP(=O)(OCC)c1ccc(O)c(C2(c3ccc(CCP(=O)(OC)OC)cc3)OCCO2)c1. The van der Waals surface area contributed by atoms with Gasteiger partial charge < -0.3 is 32.7 Å². The number of phenolic OH excluding ortho intramolecular Hbond substituents is 1. The topological polar surface area (TPSA) is 110 Å². The van der Waals surface area contributed by atoms with Crippen molar-refractivity contribution in [2.24, 2.45) is 0 Å². The van der Waals surface area contributed by atoms with Gasteiger partial charge in [-0.1, -0.05) is 24.3 Å². The largest absolute Gasteiger partial charge is 0.507 e. The maximum absolute atomic E-state index is 13.3. The molecule has 1 saturated heterocycles. The molecule has 0 radical (unpaired) electrons. The third-order valence-corrected chi connectivity index (χ3v) is 9.50. The van der Waals surface area contributed by atoms with Crippen LogP contribution in [0.25, 0.3) is 0 Å². The third kappa shape index (κ3) is 5.64. The molecule has 0 amide bonds. The summed E-state index contributed by atoms with van der Waals surface area (Å²) < 4.78 is 58.6. The Bertz CT molecular complexity index is 1030. The minimum absolute atomic E-state index is 0.0737. The van der Waals surface area contributed by atoms with Crippen LogP contribution < -0.4 is 5.30 Å². The summed E-state index contributed by atoms with van der Waals surface area (Å²) in [7, 11) is -3.98. The Labute approximate surface area is 200 Å². The van der Waals surface area contributed by atoms with E-state index in [1.807, 2.05) is 24.3 Å². The number of ether oxygens (including phenoxy) is 2. The van der Waals surface area contributed by atoms with Gasteiger partial charge in [-0.2, -0.15) is 0 Å². The molecule has 0 aliphatic carbocycles. The maximum atomic E-state index is 13.3. The zero-order valence-corrected chi connectivity index (χ0v) is 21.7. The molecule has 9 nitrogen and oxygen atoms in total. The lowest BCUT2D eigenvalue weighted by Gasteiger charge is -2.30. The predicted molar refractivity (Wildman–Crippen MR) is 128 cm³/mol. The fourth-order valence-corrected chi connectivity index (χ4v) is 6.43. The molecule has 1 N–H and O–H groups in total. The van der Waals surface area contributed by atoms with E-state index in [-0.39, 0.29) is 25.1 Å². The van der Waals surface area contributed by atoms with E-state index in [1.165, 1.54) is 26.4 Å². The van der Waals surface area contributed by atoms with Gasteiger partial charge in [-0.15, -0.1) is 0 Å².